The van der Waals surface area contributed by atoms with Crippen molar-refractivity contribution in [1.82, 2.24) is 19.7 Å². The zero-order chi connectivity index (χ0) is 36.2. The molecular formula is C26H29F9N4O7S. The summed E-state index contributed by atoms with van der Waals surface area (Å²) in [6.45, 7) is 5.40. The largest absolute Gasteiger partial charge is 0.490 e. The number of piperazine rings is 1. The molecule has 0 saturated carbocycles. The topological polar surface area (TPSA) is 152 Å². The standard InChI is InChI=1S/C20H26N4OS.3C2HF3O2/c1-22-11-12-24(15-17-2-7-21-8-3-17)19(25)20(22)5-9-23(10-6-20)14-18-4-13-26-16-18;3*3-2(4,5)1(6)7/h2-4,7-8,13,16H,5-6,9-12,14-15H2,1H3;3*(H,6,7). The van der Waals surface area contributed by atoms with Gasteiger partial charge in [0.2, 0.25) is 5.91 Å². The fourth-order valence-corrected chi connectivity index (χ4v) is 4.88. The molecule has 0 unspecified atom stereocenters. The van der Waals surface area contributed by atoms with Crippen LogP contribution in [0.4, 0.5) is 39.5 Å². The van der Waals surface area contributed by atoms with Crippen LogP contribution < -0.4 is 0 Å². The van der Waals surface area contributed by atoms with Gasteiger partial charge in [0.15, 0.2) is 0 Å². The number of amides is 1. The van der Waals surface area contributed by atoms with Crippen molar-refractivity contribution in [3.05, 3.63) is 52.5 Å². The summed E-state index contributed by atoms with van der Waals surface area (Å²) >= 11 is 1.75. The number of carboxylic acid groups (broad SMARTS) is 3. The molecule has 3 N–H and O–H groups in total. The Bertz CT molecular complexity index is 1240. The van der Waals surface area contributed by atoms with Gasteiger partial charge in [-0.05, 0) is 60.0 Å². The molecule has 2 fully saturated rings. The third kappa shape index (κ3) is 13.7. The summed E-state index contributed by atoms with van der Waals surface area (Å²) in [6, 6.07) is 6.20. The van der Waals surface area contributed by atoms with E-state index in [1.807, 2.05) is 17.0 Å². The normalized spacial score (nSPS) is 16.9. The van der Waals surface area contributed by atoms with E-state index in [1.54, 1.807) is 23.7 Å². The number of carbonyl (C=O) groups is 4. The maximum atomic E-state index is 13.4. The highest BCUT2D eigenvalue weighted by molar-refractivity contribution is 7.07. The molecule has 1 spiro atoms. The Kier molecular flexibility index (Phi) is 15.1. The molecule has 2 aliphatic rings. The minimum Gasteiger partial charge on any atom is -0.475 e. The molecule has 4 heterocycles. The fraction of sp³-hybridized carbons (Fsp3) is 0.500. The maximum Gasteiger partial charge on any atom is 0.490 e. The van der Waals surface area contributed by atoms with Crippen LogP contribution in [-0.2, 0) is 32.3 Å². The lowest BCUT2D eigenvalue weighted by Crippen LogP contribution is -2.67. The van der Waals surface area contributed by atoms with Gasteiger partial charge in [0.1, 0.15) is 5.54 Å². The van der Waals surface area contributed by atoms with Crippen molar-refractivity contribution in [2.24, 2.45) is 0 Å². The number of hydrogen-bond donors (Lipinski definition) is 3. The van der Waals surface area contributed by atoms with Crippen molar-refractivity contribution in [2.45, 2.75) is 50.0 Å². The van der Waals surface area contributed by atoms with Gasteiger partial charge in [-0.15, -0.1) is 0 Å². The molecule has 2 saturated heterocycles. The molecular weight excluding hydrogens is 683 g/mol. The number of hydrogen-bond acceptors (Lipinski definition) is 8. The second kappa shape index (κ2) is 17.3. The number of aliphatic carboxylic acids is 3. The number of pyridine rings is 1. The molecule has 21 heteroatoms. The van der Waals surface area contributed by atoms with Gasteiger partial charge in [0.05, 0.1) is 0 Å². The molecule has 47 heavy (non-hydrogen) atoms. The van der Waals surface area contributed by atoms with E-state index in [0.29, 0.717) is 12.5 Å². The first kappa shape index (κ1) is 41.0. The number of likely N-dealkylation sites (N-methyl/N-ethyl adjacent to an activating group) is 1. The van der Waals surface area contributed by atoms with Gasteiger partial charge in [-0.1, -0.05) is 0 Å². The number of nitrogens with zero attached hydrogens (tertiary/aromatic N) is 4. The monoisotopic (exact) mass is 712 g/mol. The van der Waals surface area contributed by atoms with Crippen LogP contribution in [0.3, 0.4) is 0 Å². The summed E-state index contributed by atoms with van der Waals surface area (Å²) in [5.74, 6) is -7.97. The average Bonchev–Trinajstić information content (AvgIpc) is 3.48. The minimum atomic E-state index is -5.08. The molecule has 0 radical (unpaired) electrons. The van der Waals surface area contributed by atoms with Crippen molar-refractivity contribution in [1.29, 1.82) is 0 Å². The van der Waals surface area contributed by atoms with Crippen molar-refractivity contribution in [2.75, 3.05) is 33.2 Å². The van der Waals surface area contributed by atoms with Crippen LogP contribution in [0, 0.1) is 0 Å². The second-order valence-electron chi connectivity index (χ2n) is 9.85. The Morgan fingerprint density at radius 1 is 0.766 bits per heavy atom. The molecule has 0 aromatic carbocycles. The van der Waals surface area contributed by atoms with Crippen LogP contribution >= 0.6 is 11.3 Å². The predicted octanol–water partition coefficient (Wildman–Crippen LogP) is 4.35. The first-order valence-electron chi connectivity index (χ1n) is 13.0. The smallest absolute Gasteiger partial charge is 0.475 e. The van der Waals surface area contributed by atoms with E-state index < -0.39 is 36.4 Å². The lowest BCUT2D eigenvalue weighted by Gasteiger charge is -2.51. The van der Waals surface area contributed by atoms with Gasteiger partial charge < -0.3 is 20.2 Å². The highest BCUT2D eigenvalue weighted by atomic mass is 32.1. The Balaban J connectivity index is 0.000000430. The van der Waals surface area contributed by atoms with Crippen LogP contribution in [0.5, 0.6) is 0 Å². The SMILES string of the molecule is CN1CCN(Cc2ccncc2)C(=O)C12CCN(Cc1ccsc1)CC2.O=C(O)C(F)(F)F.O=C(O)C(F)(F)F.O=C(O)C(F)(F)F. The van der Waals surface area contributed by atoms with Gasteiger partial charge in [-0.3, -0.25) is 19.6 Å². The van der Waals surface area contributed by atoms with Gasteiger partial charge in [0, 0.05) is 51.7 Å². The number of piperidine rings is 1. The third-order valence-corrected chi connectivity index (χ3v) is 7.37. The van der Waals surface area contributed by atoms with Gasteiger partial charge in [-0.2, -0.15) is 50.9 Å². The molecule has 2 aromatic heterocycles. The van der Waals surface area contributed by atoms with E-state index in [9.17, 15) is 44.3 Å². The lowest BCUT2D eigenvalue weighted by atomic mass is 9.82. The quantitative estimate of drug-likeness (QED) is 0.391. The number of aromatic nitrogens is 1. The van der Waals surface area contributed by atoms with E-state index in [1.165, 1.54) is 5.56 Å². The first-order chi connectivity index (χ1) is 21.5. The number of carboxylic acids is 3. The summed E-state index contributed by atoms with van der Waals surface area (Å²) in [4.78, 5) is 51.0. The maximum absolute atomic E-state index is 13.4. The first-order valence-corrected chi connectivity index (χ1v) is 14.0. The van der Waals surface area contributed by atoms with E-state index in [4.69, 9.17) is 29.7 Å². The number of carbonyl (C=O) groups excluding carboxylic acids is 1. The molecule has 264 valence electrons. The third-order valence-electron chi connectivity index (χ3n) is 6.64. The van der Waals surface area contributed by atoms with Gasteiger partial charge in [-0.25, -0.2) is 14.4 Å². The Hall–Kier alpha value is -3.98. The Morgan fingerprint density at radius 2 is 1.21 bits per heavy atom. The number of alkyl halides is 9. The van der Waals surface area contributed by atoms with E-state index >= 15 is 0 Å². The number of rotatable bonds is 4. The second-order valence-corrected chi connectivity index (χ2v) is 10.6. The fourth-order valence-electron chi connectivity index (χ4n) is 4.22. The van der Waals surface area contributed by atoms with Crippen LogP contribution in [0.15, 0.2) is 41.4 Å². The summed E-state index contributed by atoms with van der Waals surface area (Å²) < 4.78 is 95.2. The predicted molar refractivity (Wildman–Crippen MR) is 145 cm³/mol. The molecule has 2 aliphatic heterocycles. The van der Waals surface area contributed by atoms with E-state index in [2.05, 4.69) is 38.7 Å². The number of thiophene rings is 1. The molecule has 2 aromatic rings. The zero-order valence-corrected chi connectivity index (χ0v) is 25.1. The van der Waals surface area contributed by atoms with Crippen LogP contribution in [0.2, 0.25) is 0 Å². The van der Waals surface area contributed by atoms with Gasteiger partial charge in [0.25, 0.3) is 0 Å². The van der Waals surface area contributed by atoms with E-state index in [-0.39, 0.29) is 5.54 Å². The lowest BCUT2D eigenvalue weighted by molar-refractivity contribution is -0.193. The van der Waals surface area contributed by atoms with Crippen LogP contribution in [-0.4, -0.2) is 116 Å². The average molecular weight is 713 g/mol. The summed E-state index contributed by atoms with van der Waals surface area (Å²) in [6.07, 6.45) is -9.82. The highest BCUT2D eigenvalue weighted by Crippen LogP contribution is 2.34. The summed E-state index contributed by atoms with van der Waals surface area (Å²) in [5, 5.41) is 25.7. The molecule has 4 rings (SSSR count). The molecule has 1 amide bonds. The van der Waals surface area contributed by atoms with E-state index in [0.717, 1.165) is 51.1 Å². The zero-order valence-electron chi connectivity index (χ0n) is 24.3. The van der Waals surface area contributed by atoms with Crippen molar-refractivity contribution in [3.63, 3.8) is 0 Å². The van der Waals surface area contributed by atoms with Crippen molar-refractivity contribution < 1.29 is 74.0 Å². The van der Waals surface area contributed by atoms with Crippen LogP contribution in [0.1, 0.15) is 24.0 Å². The van der Waals surface area contributed by atoms with Crippen LogP contribution in [0.25, 0.3) is 0 Å². The highest BCUT2D eigenvalue weighted by Gasteiger charge is 2.49. The summed E-state index contributed by atoms with van der Waals surface area (Å²) in [7, 11) is 2.12. The van der Waals surface area contributed by atoms with Crippen molar-refractivity contribution in [3.8, 4) is 0 Å². The van der Waals surface area contributed by atoms with Crippen molar-refractivity contribution >= 4 is 35.2 Å². The molecule has 0 bridgehead atoms. The summed E-state index contributed by atoms with van der Waals surface area (Å²) in [5.41, 5.74) is 2.22. The minimum absolute atomic E-state index is 0.304. The van der Waals surface area contributed by atoms with Gasteiger partial charge >= 0.3 is 36.4 Å². The number of halogens is 9. The molecule has 11 nitrogen and oxygen atoms in total. The molecule has 0 aliphatic carbocycles. The molecule has 0 atom stereocenters. The Labute approximate surface area is 264 Å². The Morgan fingerprint density at radius 3 is 1.60 bits per heavy atom. The number of likely N-dealkylation sites (tertiary alicyclic amines) is 1.